The lowest BCUT2D eigenvalue weighted by molar-refractivity contribution is -0.140. The van der Waals surface area contributed by atoms with Crippen molar-refractivity contribution in [2.75, 3.05) is 17.4 Å². The minimum Gasteiger partial charge on any atom is -0.355 e. The standard InChI is InChI=1S/C34H36ClN3O4S/c1-4-36-34(40)32(21-27-11-7-5-8-12-27)37(23-28-13-9-6-10-14-28)33(39)24-38(29-18-17-26(3)31(35)22-29)43(41,42)30-19-15-25(2)16-20-30/h5-20,22,32H,4,21,23-24H2,1-3H3,(H,36,40)/t32-/m1/s1. The summed E-state index contributed by atoms with van der Waals surface area (Å²) in [6.45, 7) is 5.46. The van der Waals surface area contributed by atoms with Gasteiger partial charge in [-0.25, -0.2) is 8.42 Å². The molecule has 4 aromatic carbocycles. The molecule has 0 aliphatic rings. The van der Waals surface area contributed by atoms with Gasteiger partial charge in [0.05, 0.1) is 10.6 Å². The number of nitrogens with one attached hydrogen (secondary N) is 1. The van der Waals surface area contributed by atoms with Gasteiger partial charge in [0, 0.05) is 24.5 Å². The average Bonchev–Trinajstić information content (AvgIpc) is 3.00. The third-order valence-electron chi connectivity index (χ3n) is 7.15. The fourth-order valence-electron chi connectivity index (χ4n) is 4.73. The maximum Gasteiger partial charge on any atom is 0.264 e. The van der Waals surface area contributed by atoms with E-state index in [2.05, 4.69) is 5.32 Å². The van der Waals surface area contributed by atoms with Crippen LogP contribution >= 0.6 is 11.6 Å². The van der Waals surface area contributed by atoms with Gasteiger partial charge < -0.3 is 10.2 Å². The minimum absolute atomic E-state index is 0.0433. The molecule has 0 radical (unpaired) electrons. The first-order valence-corrected chi connectivity index (χ1v) is 15.9. The number of nitrogens with zero attached hydrogens (tertiary/aromatic N) is 2. The number of sulfonamides is 1. The van der Waals surface area contributed by atoms with Crippen molar-refractivity contribution < 1.29 is 18.0 Å². The molecule has 2 amide bonds. The quantitative estimate of drug-likeness (QED) is 0.214. The van der Waals surface area contributed by atoms with Gasteiger partial charge in [-0.05, 0) is 61.7 Å². The SMILES string of the molecule is CCNC(=O)[C@@H](Cc1ccccc1)N(Cc1ccccc1)C(=O)CN(c1ccc(C)c(Cl)c1)S(=O)(=O)c1ccc(C)cc1. The normalized spacial score (nSPS) is 11.9. The van der Waals surface area contributed by atoms with Gasteiger partial charge in [0.15, 0.2) is 0 Å². The number of halogens is 1. The molecule has 0 spiro atoms. The molecule has 224 valence electrons. The van der Waals surface area contributed by atoms with Gasteiger partial charge in [-0.1, -0.05) is 96.0 Å². The molecule has 0 aromatic heterocycles. The number of anilines is 1. The molecule has 0 aliphatic carbocycles. The lowest BCUT2D eigenvalue weighted by atomic mass is 10.0. The van der Waals surface area contributed by atoms with E-state index in [1.54, 1.807) is 30.3 Å². The van der Waals surface area contributed by atoms with E-state index in [0.29, 0.717) is 11.6 Å². The van der Waals surface area contributed by atoms with Crippen molar-refractivity contribution >= 4 is 39.1 Å². The van der Waals surface area contributed by atoms with E-state index < -0.39 is 28.5 Å². The molecule has 0 saturated heterocycles. The Kier molecular flexibility index (Phi) is 10.6. The summed E-state index contributed by atoms with van der Waals surface area (Å²) in [5.41, 5.74) is 3.61. The van der Waals surface area contributed by atoms with Gasteiger partial charge in [-0.3, -0.25) is 13.9 Å². The minimum atomic E-state index is -4.19. The van der Waals surface area contributed by atoms with Crippen LogP contribution in [0.15, 0.2) is 108 Å². The maximum atomic E-state index is 14.4. The number of carbonyl (C=O) groups is 2. The smallest absolute Gasteiger partial charge is 0.264 e. The molecule has 1 N–H and O–H groups in total. The third-order valence-corrected chi connectivity index (χ3v) is 9.34. The Labute approximate surface area is 259 Å². The predicted molar refractivity (Wildman–Crippen MR) is 172 cm³/mol. The number of rotatable bonds is 12. The summed E-state index contributed by atoms with van der Waals surface area (Å²) in [5.74, 6) is -0.842. The predicted octanol–water partition coefficient (Wildman–Crippen LogP) is 5.93. The van der Waals surface area contributed by atoms with Crippen LogP contribution in [-0.2, 0) is 32.6 Å². The third kappa shape index (κ3) is 8.03. The Morgan fingerprint density at radius 3 is 2.02 bits per heavy atom. The molecule has 7 nitrogen and oxygen atoms in total. The van der Waals surface area contributed by atoms with Crippen molar-refractivity contribution in [1.82, 2.24) is 10.2 Å². The van der Waals surface area contributed by atoms with Gasteiger partial charge >= 0.3 is 0 Å². The molecule has 4 aromatic rings. The second-order valence-corrected chi connectivity index (χ2v) is 12.6. The highest BCUT2D eigenvalue weighted by molar-refractivity contribution is 7.92. The van der Waals surface area contributed by atoms with Gasteiger partial charge in [-0.15, -0.1) is 0 Å². The van der Waals surface area contributed by atoms with Crippen LogP contribution in [0, 0.1) is 13.8 Å². The average molecular weight is 618 g/mol. The Morgan fingerprint density at radius 2 is 1.44 bits per heavy atom. The Hall–Kier alpha value is -4.14. The van der Waals surface area contributed by atoms with Crippen molar-refractivity contribution in [2.24, 2.45) is 0 Å². The van der Waals surface area contributed by atoms with Gasteiger partial charge in [-0.2, -0.15) is 0 Å². The van der Waals surface area contributed by atoms with Crippen molar-refractivity contribution in [3.8, 4) is 0 Å². The van der Waals surface area contributed by atoms with Crippen molar-refractivity contribution in [3.63, 3.8) is 0 Å². The highest BCUT2D eigenvalue weighted by Crippen LogP contribution is 2.29. The number of likely N-dealkylation sites (N-methyl/N-ethyl adjacent to an activating group) is 1. The highest BCUT2D eigenvalue weighted by Gasteiger charge is 2.34. The van der Waals surface area contributed by atoms with Crippen molar-refractivity contribution in [2.45, 2.75) is 44.7 Å². The number of hydrogen-bond acceptors (Lipinski definition) is 4. The lowest BCUT2D eigenvalue weighted by Gasteiger charge is -2.34. The molecule has 0 bridgehead atoms. The fraction of sp³-hybridized carbons (Fsp3) is 0.235. The molecule has 43 heavy (non-hydrogen) atoms. The topological polar surface area (TPSA) is 86.8 Å². The van der Waals surface area contributed by atoms with E-state index in [-0.39, 0.29) is 29.5 Å². The van der Waals surface area contributed by atoms with Crippen LogP contribution in [-0.4, -0.2) is 44.3 Å². The molecule has 0 aliphatic heterocycles. The van der Waals surface area contributed by atoms with E-state index >= 15 is 0 Å². The monoisotopic (exact) mass is 617 g/mol. The van der Waals surface area contributed by atoms with E-state index in [1.165, 1.54) is 17.0 Å². The summed E-state index contributed by atoms with van der Waals surface area (Å²) in [5, 5.41) is 3.24. The summed E-state index contributed by atoms with van der Waals surface area (Å²) < 4.78 is 29.2. The van der Waals surface area contributed by atoms with Crippen molar-refractivity contribution in [1.29, 1.82) is 0 Å². The highest BCUT2D eigenvalue weighted by atomic mass is 35.5. The van der Waals surface area contributed by atoms with E-state index in [9.17, 15) is 18.0 Å². The van der Waals surface area contributed by atoms with E-state index in [0.717, 1.165) is 26.6 Å². The Bertz CT molecular complexity index is 1650. The van der Waals surface area contributed by atoms with Crippen LogP contribution in [0.25, 0.3) is 0 Å². The fourth-order valence-corrected chi connectivity index (χ4v) is 6.31. The molecular weight excluding hydrogens is 582 g/mol. The Balaban J connectivity index is 1.80. The summed E-state index contributed by atoms with van der Waals surface area (Å²) >= 11 is 6.43. The summed E-state index contributed by atoms with van der Waals surface area (Å²) in [6, 6.07) is 29.3. The summed E-state index contributed by atoms with van der Waals surface area (Å²) in [4.78, 5) is 29.4. The second kappa shape index (κ2) is 14.4. The Morgan fingerprint density at radius 1 is 0.837 bits per heavy atom. The van der Waals surface area contributed by atoms with Crippen LogP contribution in [0.5, 0.6) is 0 Å². The number of benzene rings is 4. The van der Waals surface area contributed by atoms with Crippen LogP contribution in [0.1, 0.15) is 29.2 Å². The first-order chi connectivity index (χ1) is 20.6. The number of amides is 2. The first-order valence-electron chi connectivity index (χ1n) is 14.1. The molecule has 0 heterocycles. The summed E-state index contributed by atoms with van der Waals surface area (Å²) in [7, 11) is -4.19. The second-order valence-electron chi connectivity index (χ2n) is 10.4. The molecule has 0 unspecified atom stereocenters. The molecule has 1 atom stereocenters. The zero-order valence-corrected chi connectivity index (χ0v) is 26.1. The summed E-state index contributed by atoms with van der Waals surface area (Å²) in [6.07, 6.45) is 0.256. The number of carbonyl (C=O) groups excluding carboxylic acids is 2. The number of aryl methyl sites for hydroxylation is 2. The zero-order valence-electron chi connectivity index (χ0n) is 24.5. The van der Waals surface area contributed by atoms with Crippen molar-refractivity contribution in [3.05, 3.63) is 130 Å². The first kappa shape index (κ1) is 31.8. The maximum absolute atomic E-state index is 14.4. The van der Waals surface area contributed by atoms with Crippen LogP contribution in [0.4, 0.5) is 5.69 Å². The molecule has 0 saturated carbocycles. The molecule has 4 rings (SSSR count). The van der Waals surface area contributed by atoms with Crippen LogP contribution in [0.3, 0.4) is 0 Å². The van der Waals surface area contributed by atoms with Gasteiger partial charge in [0.25, 0.3) is 10.0 Å². The van der Waals surface area contributed by atoms with Gasteiger partial charge in [0.2, 0.25) is 11.8 Å². The zero-order chi connectivity index (χ0) is 31.0. The van der Waals surface area contributed by atoms with Crippen LogP contribution in [0.2, 0.25) is 5.02 Å². The van der Waals surface area contributed by atoms with Gasteiger partial charge in [0.1, 0.15) is 12.6 Å². The van der Waals surface area contributed by atoms with Crippen LogP contribution < -0.4 is 9.62 Å². The molecule has 9 heteroatoms. The molecular formula is C34H36ClN3O4S. The lowest BCUT2D eigenvalue weighted by Crippen LogP contribution is -2.53. The largest absolute Gasteiger partial charge is 0.355 e. The van der Waals surface area contributed by atoms with E-state index in [4.69, 9.17) is 11.6 Å². The molecule has 0 fully saturated rings. The number of hydrogen-bond donors (Lipinski definition) is 1. The van der Waals surface area contributed by atoms with E-state index in [1.807, 2.05) is 81.4 Å².